The van der Waals surface area contributed by atoms with E-state index in [1.165, 1.54) is 17.3 Å². The van der Waals surface area contributed by atoms with Crippen LogP contribution in [0, 0.1) is 11.8 Å². The van der Waals surface area contributed by atoms with Gasteiger partial charge in [-0.25, -0.2) is 15.0 Å². The Labute approximate surface area is 211 Å². The maximum absolute atomic E-state index is 13.3. The summed E-state index contributed by atoms with van der Waals surface area (Å²) in [5.74, 6) is -1.73. The number of nitrogens with zero attached hydrogens (tertiary/aromatic N) is 5. The first-order valence-electron chi connectivity index (χ1n) is 11.5. The van der Waals surface area contributed by atoms with Crippen molar-refractivity contribution in [2.75, 3.05) is 36.5 Å². The predicted molar refractivity (Wildman–Crippen MR) is 126 cm³/mol. The van der Waals surface area contributed by atoms with Crippen LogP contribution in [-0.4, -0.2) is 71.1 Å². The van der Waals surface area contributed by atoms with E-state index in [1.54, 1.807) is 19.4 Å². The Morgan fingerprint density at radius 3 is 2.56 bits per heavy atom. The summed E-state index contributed by atoms with van der Waals surface area (Å²) >= 11 is 6.33. The molecule has 36 heavy (non-hydrogen) atoms. The number of ether oxygens (including phenoxy) is 2. The maximum Gasteiger partial charge on any atom is 0.393 e. The Balaban J connectivity index is 1.40. The highest BCUT2D eigenvalue weighted by Gasteiger charge is 2.48. The largest absolute Gasteiger partial charge is 0.481 e. The number of carbonyl (C=O) groups is 1. The second kappa shape index (κ2) is 10.5. The quantitative estimate of drug-likeness (QED) is 0.569. The number of piperidine rings is 1. The molecule has 9 nitrogen and oxygen atoms in total. The lowest BCUT2D eigenvalue weighted by Gasteiger charge is -2.38. The number of pyridine rings is 1. The van der Waals surface area contributed by atoms with Crippen molar-refractivity contribution in [2.45, 2.75) is 44.5 Å². The van der Waals surface area contributed by atoms with Crippen LogP contribution >= 0.6 is 11.6 Å². The Bertz CT molecular complexity index is 1070. The monoisotopic (exact) mass is 529 g/mol. The highest BCUT2D eigenvalue weighted by atomic mass is 35.5. The van der Waals surface area contributed by atoms with E-state index in [2.05, 4.69) is 19.9 Å². The summed E-state index contributed by atoms with van der Waals surface area (Å²) in [6, 6.07) is 0.984. The molecule has 0 amide bonds. The van der Waals surface area contributed by atoms with Crippen LogP contribution in [0.15, 0.2) is 24.7 Å². The molecule has 196 valence electrons. The van der Waals surface area contributed by atoms with E-state index in [0.29, 0.717) is 30.4 Å². The van der Waals surface area contributed by atoms with Gasteiger partial charge in [-0.15, -0.1) is 0 Å². The van der Waals surface area contributed by atoms with Gasteiger partial charge >= 0.3 is 12.1 Å². The smallest absolute Gasteiger partial charge is 0.393 e. The molecule has 13 heteroatoms. The second-order valence-corrected chi connectivity index (χ2v) is 9.54. The average Bonchev–Trinajstić information content (AvgIpc) is 3.25. The van der Waals surface area contributed by atoms with Crippen molar-refractivity contribution < 1.29 is 32.5 Å². The van der Waals surface area contributed by atoms with Gasteiger partial charge in [0.2, 0.25) is 11.8 Å². The summed E-state index contributed by atoms with van der Waals surface area (Å²) in [5, 5.41) is 9.66. The number of rotatable bonds is 7. The molecule has 0 aromatic carbocycles. The fourth-order valence-electron chi connectivity index (χ4n) is 4.78. The summed E-state index contributed by atoms with van der Waals surface area (Å²) in [4.78, 5) is 27.3. The molecule has 1 N–H and O–H groups in total. The number of anilines is 2. The predicted octanol–water partition coefficient (Wildman–Crippen LogP) is 4.06. The van der Waals surface area contributed by atoms with Crippen LogP contribution in [-0.2, 0) is 4.79 Å². The number of halogens is 4. The first-order chi connectivity index (χ1) is 17.0. The molecule has 2 fully saturated rings. The first-order valence-corrected chi connectivity index (χ1v) is 11.9. The number of hydrogen-bond donors (Lipinski definition) is 1. The molecule has 0 saturated carbocycles. The number of carboxylic acid groups (broad SMARTS) is 1. The van der Waals surface area contributed by atoms with Crippen molar-refractivity contribution in [2.24, 2.45) is 11.8 Å². The van der Waals surface area contributed by atoms with Gasteiger partial charge in [-0.05, 0) is 6.42 Å². The van der Waals surface area contributed by atoms with Crippen LogP contribution < -0.4 is 19.3 Å². The summed E-state index contributed by atoms with van der Waals surface area (Å²) in [7, 11) is 1.54. The van der Waals surface area contributed by atoms with E-state index >= 15 is 0 Å². The Kier molecular flexibility index (Phi) is 7.62. The van der Waals surface area contributed by atoms with E-state index in [1.807, 2.05) is 6.92 Å². The van der Waals surface area contributed by atoms with Crippen molar-refractivity contribution in [3.05, 3.63) is 29.7 Å². The van der Waals surface area contributed by atoms with Crippen molar-refractivity contribution in [3.63, 3.8) is 0 Å². The summed E-state index contributed by atoms with van der Waals surface area (Å²) in [6.07, 6.45) is -0.300. The van der Waals surface area contributed by atoms with Crippen molar-refractivity contribution >= 4 is 29.1 Å². The Morgan fingerprint density at radius 2 is 1.94 bits per heavy atom. The highest BCUT2D eigenvalue weighted by molar-refractivity contribution is 6.33. The Hall–Kier alpha value is -3.02. The molecule has 0 aliphatic carbocycles. The lowest BCUT2D eigenvalue weighted by Crippen LogP contribution is -2.44. The number of alkyl halides is 3. The number of aromatic nitrogens is 3. The zero-order valence-electron chi connectivity index (χ0n) is 19.8. The number of hydrogen-bond acceptors (Lipinski definition) is 8. The lowest BCUT2D eigenvalue weighted by molar-refractivity contribution is -0.169. The molecular weight excluding hydrogens is 503 g/mol. The minimum atomic E-state index is -4.40. The zero-order valence-corrected chi connectivity index (χ0v) is 20.5. The van der Waals surface area contributed by atoms with Crippen LogP contribution in [0.1, 0.15) is 26.2 Å². The second-order valence-electron chi connectivity index (χ2n) is 9.14. The first kappa shape index (κ1) is 26.1. The molecule has 4 rings (SSSR count). The molecular formula is C23H27ClF3N5O4. The van der Waals surface area contributed by atoms with Gasteiger partial charge < -0.3 is 24.4 Å². The van der Waals surface area contributed by atoms with Crippen LogP contribution in [0.25, 0.3) is 0 Å². The van der Waals surface area contributed by atoms with E-state index in [-0.39, 0.29) is 36.7 Å². The highest BCUT2D eigenvalue weighted by Crippen LogP contribution is 2.39. The van der Waals surface area contributed by atoms with Crippen LogP contribution in [0.5, 0.6) is 11.8 Å². The summed E-state index contributed by atoms with van der Waals surface area (Å²) in [5.41, 5.74) is 0.830. The third-order valence-corrected chi connectivity index (χ3v) is 6.95. The Morgan fingerprint density at radius 1 is 1.19 bits per heavy atom. The van der Waals surface area contributed by atoms with Gasteiger partial charge in [0.25, 0.3) is 0 Å². The van der Waals surface area contributed by atoms with Crippen molar-refractivity contribution in [1.29, 1.82) is 0 Å². The van der Waals surface area contributed by atoms with E-state index in [4.69, 9.17) is 26.2 Å². The minimum absolute atomic E-state index is 0.113. The van der Waals surface area contributed by atoms with Gasteiger partial charge in [-0.2, -0.15) is 13.2 Å². The van der Waals surface area contributed by atoms with Crippen LogP contribution in [0.2, 0.25) is 5.02 Å². The topological polar surface area (TPSA) is 101 Å². The van der Waals surface area contributed by atoms with Crippen LogP contribution in [0.4, 0.5) is 24.7 Å². The molecule has 0 spiro atoms. The molecule has 4 atom stereocenters. The van der Waals surface area contributed by atoms with Gasteiger partial charge in [-0.1, -0.05) is 18.5 Å². The lowest BCUT2D eigenvalue weighted by atomic mass is 9.96. The molecule has 0 radical (unpaired) electrons. The molecule has 4 heterocycles. The van der Waals surface area contributed by atoms with Crippen molar-refractivity contribution in [3.8, 4) is 11.8 Å². The van der Waals surface area contributed by atoms with Gasteiger partial charge in [0.05, 0.1) is 48.7 Å². The fourth-order valence-corrected chi connectivity index (χ4v) is 5.01. The van der Waals surface area contributed by atoms with Gasteiger partial charge in [0, 0.05) is 44.1 Å². The standard InChI is InChI=1S/C23H27ClF3N5O4/c1-13-11-31(17-7-20(35-2)29-8-16(17)24)4-3-18(13)36-21-10-28-19(9-30-21)32-12-14(23(25,26)27)5-15(32)6-22(33)34/h7-10,13-15,18H,3-6,11-12H2,1-2H3,(H,33,34)/t13-,14+,15+,18+/m0/s1. The molecule has 2 aliphatic rings. The van der Waals surface area contributed by atoms with Gasteiger partial charge in [0.1, 0.15) is 11.9 Å². The molecule has 2 aromatic heterocycles. The summed E-state index contributed by atoms with van der Waals surface area (Å²) in [6.45, 7) is 3.04. The fraction of sp³-hybridized carbons (Fsp3) is 0.565. The number of aliphatic carboxylic acids is 1. The molecule has 2 saturated heterocycles. The maximum atomic E-state index is 13.3. The SMILES string of the molecule is COc1cc(N2CC[C@@H](Oc3cnc(N4C[C@H](C(F)(F)F)C[C@@H]4CC(=O)O)cn3)[C@@H](C)C2)c(Cl)cn1. The molecule has 2 aromatic rings. The number of methoxy groups -OCH3 is 1. The normalized spacial score (nSPS) is 24.6. The third kappa shape index (κ3) is 5.85. The van der Waals surface area contributed by atoms with Crippen molar-refractivity contribution in [1.82, 2.24) is 15.0 Å². The zero-order chi connectivity index (χ0) is 26.0. The van der Waals surface area contributed by atoms with Gasteiger partial charge in [-0.3, -0.25) is 4.79 Å². The average molecular weight is 530 g/mol. The van der Waals surface area contributed by atoms with Crippen LogP contribution in [0.3, 0.4) is 0 Å². The summed E-state index contributed by atoms with van der Waals surface area (Å²) < 4.78 is 51.0. The molecule has 0 unspecified atom stereocenters. The van der Waals surface area contributed by atoms with E-state index in [9.17, 15) is 18.0 Å². The third-order valence-electron chi connectivity index (χ3n) is 6.65. The minimum Gasteiger partial charge on any atom is -0.481 e. The number of carboxylic acids is 1. The van der Waals surface area contributed by atoms with Gasteiger partial charge in [0.15, 0.2) is 0 Å². The van der Waals surface area contributed by atoms with E-state index in [0.717, 1.165) is 5.69 Å². The van der Waals surface area contributed by atoms with E-state index < -0.39 is 30.5 Å². The molecule has 2 aliphatic heterocycles. The molecule has 0 bridgehead atoms.